The monoisotopic (exact) mass is 233 g/mol. The minimum atomic E-state index is -0.192. The Balaban J connectivity index is 2.06. The summed E-state index contributed by atoms with van der Waals surface area (Å²) in [6, 6.07) is 10.1. The lowest BCUT2D eigenvalue weighted by atomic mass is 10.0. The summed E-state index contributed by atoms with van der Waals surface area (Å²) >= 11 is 0. The number of morpholine rings is 1. The molecule has 1 heterocycles. The van der Waals surface area contributed by atoms with Crippen LogP contribution in [0.1, 0.15) is 25.8 Å². The van der Waals surface area contributed by atoms with Crippen molar-refractivity contribution >= 4 is 5.91 Å². The van der Waals surface area contributed by atoms with Crippen LogP contribution in [-0.2, 0) is 16.1 Å². The maximum Gasteiger partial charge on any atom is 0.248 e. The number of ether oxygens (including phenoxy) is 1. The van der Waals surface area contributed by atoms with Gasteiger partial charge in [-0.15, -0.1) is 0 Å². The van der Waals surface area contributed by atoms with E-state index in [4.69, 9.17) is 4.74 Å². The van der Waals surface area contributed by atoms with Crippen LogP contribution in [0.2, 0.25) is 0 Å². The summed E-state index contributed by atoms with van der Waals surface area (Å²) in [5, 5.41) is 0. The normalized spacial score (nSPS) is 25.1. The highest BCUT2D eigenvalue weighted by Crippen LogP contribution is 2.22. The number of carbonyl (C=O) groups excluding carboxylic acids is 1. The molecular weight excluding hydrogens is 214 g/mol. The molecule has 1 saturated heterocycles. The van der Waals surface area contributed by atoms with Crippen molar-refractivity contribution < 1.29 is 9.53 Å². The maximum absolute atomic E-state index is 11.8. The summed E-state index contributed by atoms with van der Waals surface area (Å²) in [5.74, 6) is 0.0831. The molecule has 0 saturated carbocycles. The van der Waals surface area contributed by atoms with Gasteiger partial charge in [0.1, 0.15) is 6.61 Å². The Hall–Kier alpha value is -1.35. The van der Waals surface area contributed by atoms with Crippen LogP contribution in [0.15, 0.2) is 30.3 Å². The molecule has 1 aliphatic rings. The third-order valence-corrected chi connectivity index (χ3v) is 3.39. The number of hydrogen-bond donors (Lipinski definition) is 0. The van der Waals surface area contributed by atoms with Crippen LogP contribution in [0.3, 0.4) is 0 Å². The highest BCUT2D eigenvalue weighted by Gasteiger charge is 2.34. The number of rotatable bonds is 3. The first-order valence-electron chi connectivity index (χ1n) is 6.08. The van der Waals surface area contributed by atoms with Crippen molar-refractivity contribution in [3.05, 3.63) is 35.9 Å². The van der Waals surface area contributed by atoms with E-state index in [1.54, 1.807) is 0 Å². The molecule has 1 aromatic carbocycles. The van der Waals surface area contributed by atoms with Crippen molar-refractivity contribution in [2.24, 2.45) is 0 Å². The predicted molar refractivity (Wildman–Crippen MR) is 66.5 cm³/mol. The van der Waals surface area contributed by atoms with Gasteiger partial charge in [0.2, 0.25) is 5.91 Å². The second-order valence-corrected chi connectivity index (χ2v) is 4.83. The first-order chi connectivity index (χ1) is 8.13. The van der Waals surface area contributed by atoms with E-state index in [0.29, 0.717) is 13.1 Å². The standard InChI is InChI=1S/C14H19NO2/c1-3-14(2)11-15(13(16)10-17-14)9-12-7-5-4-6-8-12/h4-8H,3,9-11H2,1-2H3. The predicted octanol–water partition coefficient (Wildman–Crippen LogP) is 2.21. The van der Waals surface area contributed by atoms with Crippen LogP contribution in [-0.4, -0.2) is 29.6 Å². The first-order valence-corrected chi connectivity index (χ1v) is 6.08. The molecule has 1 fully saturated rings. The Morgan fingerprint density at radius 2 is 2.06 bits per heavy atom. The summed E-state index contributed by atoms with van der Waals surface area (Å²) < 4.78 is 5.60. The molecular formula is C14H19NO2. The molecule has 0 N–H and O–H groups in total. The molecule has 1 aliphatic heterocycles. The van der Waals surface area contributed by atoms with Gasteiger partial charge in [0, 0.05) is 13.1 Å². The van der Waals surface area contributed by atoms with Gasteiger partial charge in [0.25, 0.3) is 0 Å². The van der Waals surface area contributed by atoms with Crippen LogP contribution < -0.4 is 0 Å². The molecule has 0 aromatic heterocycles. The fourth-order valence-corrected chi connectivity index (χ4v) is 2.03. The van der Waals surface area contributed by atoms with Crippen LogP contribution in [0.4, 0.5) is 0 Å². The zero-order chi connectivity index (χ0) is 12.3. The summed E-state index contributed by atoms with van der Waals surface area (Å²) in [7, 11) is 0. The van der Waals surface area contributed by atoms with Gasteiger partial charge in [0.15, 0.2) is 0 Å². The van der Waals surface area contributed by atoms with E-state index in [1.165, 1.54) is 5.56 Å². The van der Waals surface area contributed by atoms with E-state index in [-0.39, 0.29) is 18.1 Å². The van der Waals surface area contributed by atoms with Crippen LogP contribution in [0, 0.1) is 0 Å². The lowest BCUT2D eigenvalue weighted by Gasteiger charge is -2.39. The largest absolute Gasteiger partial charge is 0.364 e. The van der Waals surface area contributed by atoms with Crippen molar-refractivity contribution in [2.45, 2.75) is 32.4 Å². The number of benzene rings is 1. The van der Waals surface area contributed by atoms with Gasteiger partial charge in [0.05, 0.1) is 5.60 Å². The smallest absolute Gasteiger partial charge is 0.248 e. The average molecular weight is 233 g/mol. The topological polar surface area (TPSA) is 29.5 Å². The molecule has 1 amide bonds. The van der Waals surface area contributed by atoms with E-state index >= 15 is 0 Å². The Bertz CT molecular complexity index is 390. The highest BCUT2D eigenvalue weighted by molar-refractivity contribution is 5.78. The fourth-order valence-electron chi connectivity index (χ4n) is 2.03. The Morgan fingerprint density at radius 3 is 2.71 bits per heavy atom. The molecule has 1 aromatic rings. The maximum atomic E-state index is 11.8. The molecule has 2 rings (SSSR count). The number of amides is 1. The molecule has 92 valence electrons. The number of carbonyl (C=O) groups is 1. The van der Waals surface area contributed by atoms with Crippen LogP contribution in [0.5, 0.6) is 0 Å². The molecule has 3 heteroatoms. The average Bonchev–Trinajstić information content (AvgIpc) is 2.35. The Labute approximate surface area is 102 Å². The fraction of sp³-hybridized carbons (Fsp3) is 0.500. The second-order valence-electron chi connectivity index (χ2n) is 4.83. The Morgan fingerprint density at radius 1 is 1.35 bits per heavy atom. The summed E-state index contributed by atoms with van der Waals surface area (Å²) in [4.78, 5) is 13.7. The van der Waals surface area contributed by atoms with E-state index in [9.17, 15) is 4.79 Å². The summed E-state index contributed by atoms with van der Waals surface area (Å²) in [6.07, 6.45) is 0.922. The van der Waals surface area contributed by atoms with E-state index in [2.05, 4.69) is 13.8 Å². The third kappa shape index (κ3) is 2.86. The van der Waals surface area contributed by atoms with Gasteiger partial charge < -0.3 is 9.64 Å². The summed E-state index contributed by atoms with van der Waals surface area (Å²) in [6.45, 7) is 5.72. The van der Waals surface area contributed by atoms with Crippen molar-refractivity contribution in [1.29, 1.82) is 0 Å². The van der Waals surface area contributed by atoms with E-state index < -0.39 is 0 Å². The number of nitrogens with zero attached hydrogens (tertiary/aromatic N) is 1. The van der Waals surface area contributed by atoms with Crippen molar-refractivity contribution in [1.82, 2.24) is 4.90 Å². The third-order valence-electron chi connectivity index (χ3n) is 3.39. The van der Waals surface area contributed by atoms with Gasteiger partial charge in [-0.2, -0.15) is 0 Å². The van der Waals surface area contributed by atoms with E-state index in [0.717, 1.165) is 6.42 Å². The molecule has 3 nitrogen and oxygen atoms in total. The second kappa shape index (κ2) is 4.88. The number of hydrogen-bond acceptors (Lipinski definition) is 2. The quantitative estimate of drug-likeness (QED) is 0.801. The van der Waals surface area contributed by atoms with Crippen LogP contribution >= 0.6 is 0 Å². The van der Waals surface area contributed by atoms with Gasteiger partial charge in [-0.25, -0.2) is 0 Å². The molecule has 1 atom stereocenters. The molecule has 0 radical (unpaired) electrons. The molecule has 17 heavy (non-hydrogen) atoms. The van der Waals surface area contributed by atoms with E-state index in [1.807, 2.05) is 35.2 Å². The van der Waals surface area contributed by atoms with Gasteiger partial charge in [-0.05, 0) is 18.9 Å². The molecule has 0 spiro atoms. The lowest BCUT2D eigenvalue weighted by Crippen LogP contribution is -2.52. The van der Waals surface area contributed by atoms with Gasteiger partial charge in [-0.1, -0.05) is 37.3 Å². The zero-order valence-corrected chi connectivity index (χ0v) is 10.5. The zero-order valence-electron chi connectivity index (χ0n) is 10.5. The van der Waals surface area contributed by atoms with Crippen LogP contribution in [0.25, 0.3) is 0 Å². The molecule has 1 unspecified atom stereocenters. The lowest BCUT2D eigenvalue weighted by molar-refractivity contribution is -0.162. The van der Waals surface area contributed by atoms with Crippen molar-refractivity contribution in [3.63, 3.8) is 0 Å². The summed E-state index contributed by atoms with van der Waals surface area (Å²) in [5.41, 5.74) is 0.976. The molecule has 0 bridgehead atoms. The highest BCUT2D eigenvalue weighted by atomic mass is 16.5. The molecule has 0 aliphatic carbocycles. The van der Waals surface area contributed by atoms with Gasteiger partial charge >= 0.3 is 0 Å². The first kappa shape index (κ1) is 12.1. The van der Waals surface area contributed by atoms with Crippen molar-refractivity contribution in [2.75, 3.05) is 13.2 Å². The minimum absolute atomic E-state index is 0.0831. The van der Waals surface area contributed by atoms with Gasteiger partial charge in [-0.3, -0.25) is 4.79 Å². The SMILES string of the molecule is CCC1(C)CN(Cc2ccccc2)C(=O)CO1. The minimum Gasteiger partial charge on any atom is -0.364 e. The van der Waals surface area contributed by atoms with Crippen molar-refractivity contribution in [3.8, 4) is 0 Å². The Kier molecular flexibility index (Phi) is 3.48.